The van der Waals surface area contributed by atoms with Gasteiger partial charge >= 0.3 is 29.6 Å². The molecule has 0 spiro atoms. The first-order chi connectivity index (χ1) is 5.35. The molecule has 0 aliphatic rings. The van der Waals surface area contributed by atoms with E-state index in [0.29, 0.717) is 19.8 Å². The standard InChI is InChI=1S/C8H19NO2.Na.H/c1-3-8(7-9)11-6-5-10-4-2;;/h8H,3-7,9H2,1-2H3;;. The van der Waals surface area contributed by atoms with Gasteiger partial charge in [0.25, 0.3) is 0 Å². The van der Waals surface area contributed by atoms with Gasteiger partial charge in [0, 0.05) is 13.2 Å². The van der Waals surface area contributed by atoms with Gasteiger partial charge in [-0.2, -0.15) is 0 Å². The molecule has 0 aromatic heterocycles. The molecule has 1 unspecified atom stereocenters. The van der Waals surface area contributed by atoms with E-state index in [-0.39, 0.29) is 35.7 Å². The SMILES string of the molecule is CCOCCOC(CC)CN.[NaH]. The van der Waals surface area contributed by atoms with Crippen LogP contribution in [0.15, 0.2) is 0 Å². The van der Waals surface area contributed by atoms with E-state index >= 15 is 0 Å². The predicted octanol–water partition coefficient (Wildman–Crippen LogP) is 0.128. The summed E-state index contributed by atoms with van der Waals surface area (Å²) >= 11 is 0. The van der Waals surface area contributed by atoms with Crippen molar-refractivity contribution >= 4 is 29.6 Å². The number of rotatable bonds is 7. The summed E-state index contributed by atoms with van der Waals surface area (Å²) < 4.78 is 10.5. The van der Waals surface area contributed by atoms with E-state index in [1.54, 1.807) is 0 Å². The molecule has 4 heteroatoms. The van der Waals surface area contributed by atoms with Gasteiger partial charge < -0.3 is 15.2 Å². The van der Waals surface area contributed by atoms with Crippen molar-refractivity contribution in [3.05, 3.63) is 0 Å². The van der Waals surface area contributed by atoms with Crippen LogP contribution in [0, 0.1) is 0 Å². The Labute approximate surface area is 97.3 Å². The Morgan fingerprint density at radius 3 is 2.33 bits per heavy atom. The van der Waals surface area contributed by atoms with Gasteiger partial charge in [-0.15, -0.1) is 0 Å². The van der Waals surface area contributed by atoms with Crippen LogP contribution in [0.25, 0.3) is 0 Å². The van der Waals surface area contributed by atoms with Crippen molar-refractivity contribution in [1.29, 1.82) is 0 Å². The van der Waals surface area contributed by atoms with Crippen LogP contribution in [0.4, 0.5) is 0 Å². The minimum atomic E-state index is 0. The number of ether oxygens (including phenoxy) is 2. The minimum absolute atomic E-state index is 0. The van der Waals surface area contributed by atoms with Crippen molar-refractivity contribution in [3.8, 4) is 0 Å². The van der Waals surface area contributed by atoms with Gasteiger partial charge in [-0.05, 0) is 13.3 Å². The Balaban J connectivity index is 0. The second-order valence-corrected chi connectivity index (χ2v) is 2.33. The Morgan fingerprint density at radius 1 is 1.25 bits per heavy atom. The van der Waals surface area contributed by atoms with Gasteiger partial charge in [0.15, 0.2) is 0 Å². The van der Waals surface area contributed by atoms with Crippen molar-refractivity contribution in [3.63, 3.8) is 0 Å². The zero-order valence-electron chi connectivity index (χ0n) is 7.51. The second-order valence-electron chi connectivity index (χ2n) is 2.33. The monoisotopic (exact) mass is 185 g/mol. The molecular formula is C8H20NNaO2. The number of hydrogen-bond acceptors (Lipinski definition) is 3. The molecule has 2 N–H and O–H groups in total. The summed E-state index contributed by atoms with van der Waals surface area (Å²) in [4.78, 5) is 0. The third-order valence-corrected chi connectivity index (χ3v) is 1.50. The fourth-order valence-electron chi connectivity index (χ4n) is 0.771. The van der Waals surface area contributed by atoms with E-state index in [0.717, 1.165) is 13.0 Å². The van der Waals surface area contributed by atoms with Crippen LogP contribution >= 0.6 is 0 Å². The van der Waals surface area contributed by atoms with E-state index in [4.69, 9.17) is 15.2 Å². The topological polar surface area (TPSA) is 44.5 Å². The van der Waals surface area contributed by atoms with E-state index < -0.39 is 0 Å². The van der Waals surface area contributed by atoms with E-state index in [9.17, 15) is 0 Å². The average Bonchev–Trinajstić information content (AvgIpc) is 2.05. The molecule has 0 aromatic carbocycles. The summed E-state index contributed by atoms with van der Waals surface area (Å²) in [6.07, 6.45) is 1.18. The molecule has 0 amide bonds. The Hall–Kier alpha value is 0.880. The Kier molecular flexibility index (Phi) is 15.2. The average molecular weight is 185 g/mol. The van der Waals surface area contributed by atoms with Gasteiger partial charge in [-0.3, -0.25) is 0 Å². The van der Waals surface area contributed by atoms with Crippen molar-refractivity contribution in [1.82, 2.24) is 0 Å². The molecular weight excluding hydrogens is 165 g/mol. The molecule has 0 saturated heterocycles. The van der Waals surface area contributed by atoms with Gasteiger partial charge in [0.05, 0.1) is 19.3 Å². The van der Waals surface area contributed by atoms with Crippen LogP contribution in [-0.4, -0.2) is 62.0 Å². The van der Waals surface area contributed by atoms with Gasteiger partial charge in [0.1, 0.15) is 0 Å². The second kappa shape index (κ2) is 11.9. The molecule has 12 heavy (non-hydrogen) atoms. The Bertz CT molecular complexity index is 79.5. The fraction of sp³-hybridized carbons (Fsp3) is 1.00. The summed E-state index contributed by atoms with van der Waals surface area (Å²) in [7, 11) is 0. The van der Waals surface area contributed by atoms with Gasteiger partial charge in [-0.1, -0.05) is 6.92 Å². The maximum atomic E-state index is 5.43. The van der Waals surface area contributed by atoms with Crippen LogP contribution in [0.3, 0.4) is 0 Å². The van der Waals surface area contributed by atoms with Gasteiger partial charge in [-0.25, -0.2) is 0 Å². The van der Waals surface area contributed by atoms with E-state index in [2.05, 4.69) is 6.92 Å². The number of hydrogen-bond donors (Lipinski definition) is 1. The number of nitrogens with two attached hydrogens (primary N) is 1. The third-order valence-electron chi connectivity index (χ3n) is 1.50. The van der Waals surface area contributed by atoms with Crippen LogP contribution in [0.2, 0.25) is 0 Å². The van der Waals surface area contributed by atoms with Crippen molar-refractivity contribution < 1.29 is 9.47 Å². The normalized spacial score (nSPS) is 12.2. The quantitative estimate of drug-likeness (QED) is 0.453. The molecule has 0 aliphatic carbocycles. The first-order valence-electron chi connectivity index (χ1n) is 4.24. The summed E-state index contributed by atoms with van der Waals surface area (Å²) in [5.74, 6) is 0. The molecule has 0 rings (SSSR count). The molecule has 0 aliphatic heterocycles. The fourth-order valence-corrected chi connectivity index (χ4v) is 0.771. The molecule has 70 valence electrons. The molecule has 0 fully saturated rings. The van der Waals surface area contributed by atoms with E-state index in [1.807, 2.05) is 6.92 Å². The van der Waals surface area contributed by atoms with Crippen LogP contribution < -0.4 is 5.73 Å². The molecule has 0 bridgehead atoms. The van der Waals surface area contributed by atoms with Crippen LogP contribution in [0.1, 0.15) is 20.3 Å². The summed E-state index contributed by atoms with van der Waals surface area (Å²) in [6.45, 7) is 6.72. The van der Waals surface area contributed by atoms with Crippen molar-refractivity contribution in [2.75, 3.05) is 26.4 Å². The first kappa shape index (κ1) is 15.4. The molecule has 0 heterocycles. The van der Waals surface area contributed by atoms with Crippen LogP contribution in [-0.2, 0) is 9.47 Å². The Morgan fingerprint density at radius 2 is 1.92 bits per heavy atom. The first-order valence-corrected chi connectivity index (χ1v) is 4.24. The predicted molar refractivity (Wildman–Crippen MR) is 52.7 cm³/mol. The molecule has 0 aromatic rings. The summed E-state index contributed by atoms with van der Waals surface area (Å²) in [6, 6.07) is 0. The summed E-state index contributed by atoms with van der Waals surface area (Å²) in [5.41, 5.74) is 5.43. The molecule has 0 saturated carbocycles. The van der Waals surface area contributed by atoms with Crippen molar-refractivity contribution in [2.45, 2.75) is 26.4 Å². The molecule has 3 nitrogen and oxygen atoms in total. The zero-order chi connectivity index (χ0) is 8.53. The summed E-state index contributed by atoms with van der Waals surface area (Å²) in [5, 5.41) is 0. The zero-order valence-corrected chi connectivity index (χ0v) is 7.51. The van der Waals surface area contributed by atoms with Gasteiger partial charge in [0.2, 0.25) is 0 Å². The molecule has 1 atom stereocenters. The third kappa shape index (κ3) is 8.97. The molecule has 0 radical (unpaired) electrons. The van der Waals surface area contributed by atoms with Crippen LogP contribution in [0.5, 0.6) is 0 Å². The maximum absolute atomic E-state index is 5.43. The van der Waals surface area contributed by atoms with E-state index in [1.165, 1.54) is 0 Å². The van der Waals surface area contributed by atoms with Crippen molar-refractivity contribution in [2.24, 2.45) is 5.73 Å².